The SMILES string of the molecule is Cc1nc(C)n(CCCNC(C)(C)C)n1. The molecule has 1 N–H and O–H groups in total. The highest BCUT2D eigenvalue weighted by molar-refractivity contribution is 4.87. The topological polar surface area (TPSA) is 42.7 Å². The fourth-order valence-corrected chi connectivity index (χ4v) is 1.47. The normalized spacial score (nSPS) is 12.1. The largest absolute Gasteiger partial charge is 0.312 e. The fourth-order valence-electron chi connectivity index (χ4n) is 1.47. The zero-order chi connectivity index (χ0) is 11.5. The molecule has 4 nitrogen and oxygen atoms in total. The molecule has 0 spiro atoms. The molecular weight excluding hydrogens is 188 g/mol. The molecule has 0 aliphatic rings. The van der Waals surface area contributed by atoms with E-state index in [-0.39, 0.29) is 5.54 Å². The molecule has 0 radical (unpaired) electrons. The summed E-state index contributed by atoms with van der Waals surface area (Å²) in [5.74, 6) is 1.86. The molecule has 0 saturated heterocycles. The standard InChI is InChI=1S/C11H22N4/c1-9-13-10(2)15(14-9)8-6-7-12-11(3,4)5/h12H,6-8H2,1-5H3. The number of nitrogens with one attached hydrogen (secondary N) is 1. The van der Waals surface area contributed by atoms with Crippen LogP contribution in [0, 0.1) is 13.8 Å². The van der Waals surface area contributed by atoms with Gasteiger partial charge in [-0.25, -0.2) is 4.98 Å². The van der Waals surface area contributed by atoms with E-state index in [1.165, 1.54) is 0 Å². The van der Waals surface area contributed by atoms with Gasteiger partial charge in [-0.3, -0.25) is 4.68 Å². The highest BCUT2D eigenvalue weighted by Gasteiger charge is 2.07. The molecular formula is C11H22N4. The molecule has 0 aromatic carbocycles. The van der Waals surface area contributed by atoms with E-state index in [0.717, 1.165) is 31.2 Å². The van der Waals surface area contributed by atoms with E-state index >= 15 is 0 Å². The summed E-state index contributed by atoms with van der Waals surface area (Å²) >= 11 is 0. The predicted molar refractivity (Wildman–Crippen MR) is 61.9 cm³/mol. The molecule has 1 heterocycles. The first kappa shape index (κ1) is 12.2. The smallest absolute Gasteiger partial charge is 0.147 e. The average molecular weight is 210 g/mol. The number of hydrogen-bond donors (Lipinski definition) is 1. The van der Waals surface area contributed by atoms with Crippen molar-refractivity contribution in [2.24, 2.45) is 0 Å². The van der Waals surface area contributed by atoms with Crippen molar-refractivity contribution >= 4 is 0 Å². The third kappa shape index (κ3) is 4.42. The maximum atomic E-state index is 4.32. The Morgan fingerprint density at radius 1 is 1.27 bits per heavy atom. The Hall–Kier alpha value is -0.900. The third-order valence-corrected chi connectivity index (χ3v) is 2.16. The molecule has 0 bridgehead atoms. The minimum absolute atomic E-state index is 0.202. The second-order valence-corrected chi connectivity index (χ2v) is 4.96. The lowest BCUT2D eigenvalue weighted by Gasteiger charge is -2.20. The summed E-state index contributed by atoms with van der Waals surface area (Å²) < 4.78 is 1.97. The Labute approximate surface area is 92.1 Å². The zero-order valence-electron chi connectivity index (χ0n) is 10.5. The van der Waals surface area contributed by atoms with Crippen molar-refractivity contribution in [1.82, 2.24) is 20.1 Å². The molecule has 1 aromatic rings. The van der Waals surface area contributed by atoms with Crippen LogP contribution in [0.2, 0.25) is 0 Å². The first-order valence-corrected chi connectivity index (χ1v) is 5.51. The van der Waals surface area contributed by atoms with Crippen LogP contribution in [0.15, 0.2) is 0 Å². The first-order valence-electron chi connectivity index (χ1n) is 5.51. The lowest BCUT2D eigenvalue weighted by molar-refractivity contribution is 0.408. The highest BCUT2D eigenvalue weighted by atomic mass is 15.3. The van der Waals surface area contributed by atoms with E-state index in [1.807, 2.05) is 18.5 Å². The molecule has 0 aliphatic carbocycles. The number of aryl methyl sites for hydroxylation is 3. The van der Waals surface area contributed by atoms with Crippen LogP contribution >= 0.6 is 0 Å². The Balaban J connectivity index is 2.29. The summed E-state index contributed by atoms with van der Waals surface area (Å²) in [5.41, 5.74) is 0.202. The van der Waals surface area contributed by atoms with E-state index in [0.29, 0.717) is 0 Å². The molecule has 0 fully saturated rings. The Morgan fingerprint density at radius 3 is 2.40 bits per heavy atom. The van der Waals surface area contributed by atoms with Gasteiger partial charge in [0.25, 0.3) is 0 Å². The van der Waals surface area contributed by atoms with Gasteiger partial charge < -0.3 is 5.32 Å². The summed E-state index contributed by atoms with van der Waals surface area (Å²) in [4.78, 5) is 4.27. The molecule has 1 rings (SSSR count). The van der Waals surface area contributed by atoms with Crippen LogP contribution in [0.3, 0.4) is 0 Å². The Kier molecular flexibility index (Phi) is 3.85. The lowest BCUT2D eigenvalue weighted by atomic mass is 10.1. The van der Waals surface area contributed by atoms with Gasteiger partial charge in [0, 0.05) is 12.1 Å². The number of nitrogens with zero attached hydrogens (tertiary/aromatic N) is 3. The number of aromatic nitrogens is 3. The zero-order valence-corrected chi connectivity index (χ0v) is 10.5. The van der Waals surface area contributed by atoms with Crippen molar-refractivity contribution in [1.29, 1.82) is 0 Å². The van der Waals surface area contributed by atoms with E-state index in [2.05, 4.69) is 36.2 Å². The maximum Gasteiger partial charge on any atom is 0.147 e. The molecule has 15 heavy (non-hydrogen) atoms. The van der Waals surface area contributed by atoms with E-state index < -0.39 is 0 Å². The summed E-state index contributed by atoms with van der Waals surface area (Å²) in [6.07, 6.45) is 1.08. The van der Waals surface area contributed by atoms with Crippen molar-refractivity contribution < 1.29 is 0 Å². The third-order valence-electron chi connectivity index (χ3n) is 2.16. The second kappa shape index (κ2) is 4.75. The summed E-state index contributed by atoms with van der Waals surface area (Å²) in [7, 11) is 0. The predicted octanol–water partition coefficient (Wildman–Crippen LogP) is 1.67. The van der Waals surface area contributed by atoms with Crippen LogP contribution in [0.4, 0.5) is 0 Å². The van der Waals surface area contributed by atoms with E-state index in [9.17, 15) is 0 Å². The van der Waals surface area contributed by atoms with Gasteiger partial charge in [-0.05, 0) is 47.6 Å². The first-order chi connectivity index (χ1) is 6.88. The molecule has 0 unspecified atom stereocenters. The fraction of sp³-hybridized carbons (Fsp3) is 0.818. The quantitative estimate of drug-likeness (QED) is 0.769. The summed E-state index contributed by atoms with van der Waals surface area (Å²) in [5, 5.41) is 7.78. The van der Waals surface area contributed by atoms with Gasteiger partial charge in [0.1, 0.15) is 11.6 Å². The molecule has 0 atom stereocenters. The number of rotatable bonds is 4. The van der Waals surface area contributed by atoms with Crippen molar-refractivity contribution in [2.45, 2.75) is 53.1 Å². The van der Waals surface area contributed by atoms with Gasteiger partial charge in [-0.15, -0.1) is 0 Å². The minimum Gasteiger partial charge on any atom is -0.312 e. The molecule has 0 saturated carbocycles. The van der Waals surface area contributed by atoms with Gasteiger partial charge in [0.15, 0.2) is 0 Å². The maximum absolute atomic E-state index is 4.32. The van der Waals surface area contributed by atoms with Gasteiger partial charge in [-0.1, -0.05) is 0 Å². The molecule has 4 heteroatoms. The van der Waals surface area contributed by atoms with Crippen LogP contribution in [-0.4, -0.2) is 26.8 Å². The van der Waals surface area contributed by atoms with E-state index in [4.69, 9.17) is 0 Å². The lowest BCUT2D eigenvalue weighted by Crippen LogP contribution is -2.36. The van der Waals surface area contributed by atoms with Crippen molar-refractivity contribution in [3.63, 3.8) is 0 Å². The van der Waals surface area contributed by atoms with Crippen molar-refractivity contribution in [3.05, 3.63) is 11.6 Å². The highest BCUT2D eigenvalue weighted by Crippen LogP contribution is 2.00. The Bertz CT molecular complexity index is 309. The summed E-state index contributed by atoms with van der Waals surface area (Å²) in [6.45, 7) is 12.4. The average Bonchev–Trinajstić information content (AvgIpc) is 2.37. The minimum atomic E-state index is 0.202. The van der Waals surface area contributed by atoms with Crippen LogP contribution < -0.4 is 5.32 Å². The van der Waals surface area contributed by atoms with Crippen LogP contribution in [0.25, 0.3) is 0 Å². The van der Waals surface area contributed by atoms with Gasteiger partial charge in [-0.2, -0.15) is 5.10 Å². The summed E-state index contributed by atoms with van der Waals surface area (Å²) in [6, 6.07) is 0. The van der Waals surface area contributed by atoms with Gasteiger partial charge >= 0.3 is 0 Å². The molecule has 0 aliphatic heterocycles. The second-order valence-electron chi connectivity index (χ2n) is 4.96. The van der Waals surface area contributed by atoms with Crippen LogP contribution in [0.5, 0.6) is 0 Å². The van der Waals surface area contributed by atoms with Gasteiger partial charge in [0.2, 0.25) is 0 Å². The molecule has 86 valence electrons. The number of hydrogen-bond acceptors (Lipinski definition) is 3. The monoisotopic (exact) mass is 210 g/mol. The van der Waals surface area contributed by atoms with Crippen LogP contribution in [0.1, 0.15) is 38.8 Å². The molecule has 0 amide bonds. The van der Waals surface area contributed by atoms with Crippen molar-refractivity contribution in [3.8, 4) is 0 Å². The molecule has 1 aromatic heterocycles. The van der Waals surface area contributed by atoms with Crippen molar-refractivity contribution in [2.75, 3.05) is 6.54 Å². The van der Waals surface area contributed by atoms with Crippen LogP contribution in [-0.2, 0) is 6.54 Å². The van der Waals surface area contributed by atoms with Gasteiger partial charge in [0.05, 0.1) is 0 Å². The Morgan fingerprint density at radius 2 is 1.93 bits per heavy atom. The van der Waals surface area contributed by atoms with E-state index in [1.54, 1.807) is 0 Å².